The van der Waals surface area contributed by atoms with Crippen LogP contribution in [-0.2, 0) is 63.4 Å². The van der Waals surface area contributed by atoms with Crippen molar-refractivity contribution in [2.75, 3.05) is 159 Å². The van der Waals surface area contributed by atoms with Crippen LogP contribution < -0.4 is 10.1 Å². The molecule has 0 aliphatic carbocycles. The molecular weight excluding hydrogens is 740 g/mol. The summed E-state index contributed by atoms with van der Waals surface area (Å²) in [5, 5.41) is 13.3. The van der Waals surface area contributed by atoms with Crippen molar-refractivity contribution < 1.29 is 71.3 Å². The summed E-state index contributed by atoms with van der Waals surface area (Å²) in [5.41, 5.74) is 0.953. The Hall–Kier alpha value is -3.53. The van der Waals surface area contributed by atoms with E-state index in [0.29, 0.717) is 164 Å². The van der Waals surface area contributed by atoms with Crippen LogP contribution in [0.2, 0.25) is 0 Å². The average Bonchev–Trinajstić information content (AvgIpc) is 3.21. The molecule has 0 aliphatic heterocycles. The molecule has 56 heavy (non-hydrogen) atoms. The zero-order valence-corrected chi connectivity index (χ0v) is 32.4. The van der Waals surface area contributed by atoms with Crippen molar-refractivity contribution in [2.24, 2.45) is 0 Å². The molecule has 1 N–H and O–H groups in total. The molecule has 0 aliphatic rings. The normalized spacial score (nSPS) is 11.1. The van der Waals surface area contributed by atoms with Crippen LogP contribution in [0.4, 0.5) is 10.5 Å². The SMILES string of the molecule is O=C(NCCOCCOCCOCCOCCOCCOCCOCCOCCOCCOCCOCCOc1ccc([N+](=O)[O-])cc1)OCc1ccccc1. The minimum absolute atomic E-state index is 0.0211. The third-order valence-electron chi connectivity index (χ3n) is 6.99. The summed E-state index contributed by atoms with van der Waals surface area (Å²) in [6, 6.07) is 15.4. The van der Waals surface area contributed by atoms with Crippen LogP contribution >= 0.6 is 0 Å². The van der Waals surface area contributed by atoms with Crippen LogP contribution in [0.25, 0.3) is 0 Å². The van der Waals surface area contributed by atoms with E-state index in [2.05, 4.69) is 5.32 Å². The molecule has 1 amide bonds. The quantitative estimate of drug-likeness (QED) is 0.0587. The molecule has 2 rings (SSSR count). The second-order valence-electron chi connectivity index (χ2n) is 11.3. The number of rotatable bonds is 40. The van der Waals surface area contributed by atoms with Gasteiger partial charge >= 0.3 is 6.09 Å². The number of carbonyl (C=O) groups is 1. The number of benzene rings is 2. The van der Waals surface area contributed by atoms with Crippen LogP contribution in [-0.4, -0.2) is 170 Å². The zero-order valence-electron chi connectivity index (χ0n) is 32.4. The van der Waals surface area contributed by atoms with Crippen molar-refractivity contribution in [3.8, 4) is 5.75 Å². The van der Waals surface area contributed by atoms with E-state index in [9.17, 15) is 14.9 Å². The molecule has 0 saturated heterocycles. The first-order chi connectivity index (χ1) is 27.6. The van der Waals surface area contributed by atoms with Gasteiger partial charge in [0.05, 0.1) is 150 Å². The fraction of sp³-hybridized carbons (Fsp3) is 0.658. The van der Waals surface area contributed by atoms with Gasteiger partial charge in [-0.3, -0.25) is 10.1 Å². The molecule has 18 heteroatoms. The summed E-state index contributed by atoms with van der Waals surface area (Å²) >= 11 is 0. The predicted octanol–water partition coefficient (Wildman–Crippen LogP) is 3.08. The van der Waals surface area contributed by atoms with Gasteiger partial charge in [-0.15, -0.1) is 0 Å². The molecule has 0 unspecified atom stereocenters. The Labute approximate surface area is 329 Å². The van der Waals surface area contributed by atoms with E-state index in [0.717, 1.165) is 5.56 Å². The van der Waals surface area contributed by atoms with E-state index in [-0.39, 0.29) is 12.3 Å². The zero-order chi connectivity index (χ0) is 39.8. The lowest BCUT2D eigenvalue weighted by Gasteiger charge is -2.09. The van der Waals surface area contributed by atoms with Crippen molar-refractivity contribution in [2.45, 2.75) is 6.61 Å². The Morgan fingerprint density at radius 2 is 0.804 bits per heavy atom. The minimum atomic E-state index is -0.476. The van der Waals surface area contributed by atoms with Crippen molar-refractivity contribution in [1.29, 1.82) is 0 Å². The van der Waals surface area contributed by atoms with Gasteiger partial charge in [0.25, 0.3) is 5.69 Å². The fourth-order valence-electron chi connectivity index (χ4n) is 4.18. The van der Waals surface area contributed by atoms with Gasteiger partial charge in [-0.1, -0.05) is 30.3 Å². The molecule has 0 spiro atoms. The predicted molar refractivity (Wildman–Crippen MR) is 202 cm³/mol. The van der Waals surface area contributed by atoms with E-state index in [1.165, 1.54) is 12.1 Å². The lowest BCUT2D eigenvalue weighted by Crippen LogP contribution is -2.28. The van der Waals surface area contributed by atoms with Gasteiger partial charge in [0.2, 0.25) is 0 Å². The van der Waals surface area contributed by atoms with Gasteiger partial charge in [0.15, 0.2) is 0 Å². The highest BCUT2D eigenvalue weighted by Gasteiger charge is 2.05. The number of non-ortho nitro benzene ring substituents is 1. The van der Waals surface area contributed by atoms with Crippen LogP contribution in [0.15, 0.2) is 54.6 Å². The molecule has 0 bridgehead atoms. The third kappa shape index (κ3) is 30.7. The molecule has 0 heterocycles. The van der Waals surface area contributed by atoms with Crippen molar-refractivity contribution in [3.63, 3.8) is 0 Å². The number of amides is 1. The largest absolute Gasteiger partial charge is 0.491 e. The van der Waals surface area contributed by atoms with E-state index in [1.807, 2.05) is 30.3 Å². The summed E-state index contributed by atoms with van der Waals surface area (Å²) < 4.78 is 70.7. The second-order valence-corrected chi connectivity index (χ2v) is 11.3. The Bertz CT molecular complexity index is 1180. The van der Waals surface area contributed by atoms with E-state index in [1.54, 1.807) is 12.1 Å². The summed E-state index contributed by atoms with van der Waals surface area (Å²) in [6.07, 6.45) is -0.476. The molecule has 0 radical (unpaired) electrons. The smallest absolute Gasteiger partial charge is 0.407 e. The monoisotopic (exact) mass is 800 g/mol. The molecule has 2 aromatic rings. The molecular formula is C38H60N2O16. The first kappa shape index (κ1) is 48.6. The van der Waals surface area contributed by atoms with Gasteiger partial charge in [-0.25, -0.2) is 4.79 Å². The van der Waals surface area contributed by atoms with Gasteiger partial charge in [0.1, 0.15) is 19.0 Å². The molecule has 0 saturated carbocycles. The lowest BCUT2D eigenvalue weighted by molar-refractivity contribution is -0.384. The number of hydrogen-bond donors (Lipinski definition) is 1. The summed E-state index contributed by atoms with van der Waals surface area (Å²) in [7, 11) is 0. The van der Waals surface area contributed by atoms with E-state index in [4.69, 9.17) is 61.6 Å². The van der Waals surface area contributed by atoms with Crippen LogP contribution in [0.3, 0.4) is 0 Å². The Kier molecular flexibility index (Phi) is 32.2. The van der Waals surface area contributed by atoms with Gasteiger partial charge in [-0.05, 0) is 17.7 Å². The maximum Gasteiger partial charge on any atom is 0.407 e. The molecule has 0 fully saturated rings. The Morgan fingerprint density at radius 3 is 1.16 bits per heavy atom. The maximum absolute atomic E-state index is 11.7. The Balaban J connectivity index is 1.14. The van der Waals surface area contributed by atoms with Gasteiger partial charge < -0.3 is 66.9 Å². The van der Waals surface area contributed by atoms with Crippen molar-refractivity contribution in [1.82, 2.24) is 5.32 Å². The van der Waals surface area contributed by atoms with Crippen LogP contribution in [0.1, 0.15) is 5.56 Å². The highest BCUT2D eigenvalue weighted by Crippen LogP contribution is 2.17. The van der Waals surface area contributed by atoms with Crippen molar-refractivity contribution >= 4 is 11.8 Å². The second kappa shape index (κ2) is 37.1. The summed E-state index contributed by atoms with van der Waals surface area (Å²) in [4.78, 5) is 21.9. The number of nitro benzene ring substituents is 1. The number of ether oxygens (including phenoxy) is 13. The first-order valence-electron chi connectivity index (χ1n) is 18.8. The average molecular weight is 801 g/mol. The van der Waals surface area contributed by atoms with Crippen LogP contribution in [0, 0.1) is 10.1 Å². The molecule has 0 atom stereocenters. The fourth-order valence-corrected chi connectivity index (χ4v) is 4.18. The van der Waals surface area contributed by atoms with Crippen LogP contribution in [0.5, 0.6) is 5.75 Å². The first-order valence-corrected chi connectivity index (χ1v) is 18.8. The number of nitrogens with zero attached hydrogens (tertiary/aromatic N) is 1. The Morgan fingerprint density at radius 1 is 0.464 bits per heavy atom. The lowest BCUT2D eigenvalue weighted by atomic mass is 10.2. The highest BCUT2D eigenvalue weighted by molar-refractivity contribution is 5.67. The molecule has 18 nitrogen and oxygen atoms in total. The number of alkyl carbamates (subject to hydrolysis) is 1. The molecule has 318 valence electrons. The number of nitrogens with one attached hydrogen (secondary N) is 1. The topological polar surface area (TPSA) is 192 Å². The van der Waals surface area contributed by atoms with Crippen molar-refractivity contribution in [3.05, 3.63) is 70.3 Å². The standard InChI is InChI=1S/C38H60N2O16/c41-38(56-34-35-4-2-1-3-5-35)39-10-11-44-12-13-45-14-15-46-16-17-47-18-19-48-20-21-49-22-23-50-24-25-51-26-27-52-28-29-53-30-31-54-32-33-55-37-8-6-36(7-9-37)40(42)43/h1-9H,10-34H2,(H,39,41). The number of carbonyl (C=O) groups excluding carboxylic acids is 1. The number of hydrogen-bond acceptors (Lipinski definition) is 16. The van der Waals surface area contributed by atoms with E-state index >= 15 is 0 Å². The van der Waals surface area contributed by atoms with Gasteiger partial charge in [-0.2, -0.15) is 0 Å². The maximum atomic E-state index is 11.7. The number of nitro groups is 1. The molecule has 2 aromatic carbocycles. The minimum Gasteiger partial charge on any atom is -0.491 e. The van der Waals surface area contributed by atoms with Gasteiger partial charge in [0, 0.05) is 18.7 Å². The summed E-state index contributed by atoms with van der Waals surface area (Å²) in [6.45, 7) is 10.9. The summed E-state index contributed by atoms with van der Waals surface area (Å²) in [5.74, 6) is 0.551. The molecule has 0 aromatic heterocycles. The van der Waals surface area contributed by atoms with E-state index < -0.39 is 11.0 Å². The third-order valence-corrected chi connectivity index (χ3v) is 6.99. The highest BCUT2D eigenvalue weighted by atomic mass is 16.6.